The average molecular weight is 318 g/mol. The summed E-state index contributed by atoms with van der Waals surface area (Å²) in [5, 5.41) is 9.16. The maximum absolute atomic E-state index is 13.7. The summed E-state index contributed by atoms with van der Waals surface area (Å²) in [6, 6.07) is 2.22. The predicted molar refractivity (Wildman–Crippen MR) is 75.7 cm³/mol. The Morgan fingerprint density at radius 1 is 1.48 bits per heavy atom. The lowest BCUT2D eigenvalue weighted by Crippen LogP contribution is -2.50. The molecule has 2 unspecified atom stereocenters. The molecule has 0 amide bonds. The van der Waals surface area contributed by atoms with Gasteiger partial charge in [-0.1, -0.05) is 0 Å². The molecular weight excluding hydrogens is 299 g/mol. The van der Waals surface area contributed by atoms with Gasteiger partial charge in [0.1, 0.15) is 5.82 Å². The molecule has 0 bridgehead atoms. The Kier molecular flexibility index (Phi) is 4.52. The second kappa shape index (κ2) is 5.88. The zero-order valence-corrected chi connectivity index (χ0v) is 12.7. The van der Waals surface area contributed by atoms with Gasteiger partial charge >= 0.3 is 0 Å². The highest BCUT2D eigenvalue weighted by Gasteiger charge is 2.34. The Morgan fingerprint density at radius 3 is 2.71 bits per heavy atom. The van der Waals surface area contributed by atoms with E-state index in [-0.39, 0.29) is 41.9 Å². The molecule has 8 heteroatoms. The lowest BCUT2D eigenvalue weighted by atomic mass is 10.2. The number of nitrogen functional groups attached to an aromatic ring is 1. The van der Waals surface area contributed by atoms with Crippen LogP contribution in [0.15, 0.2) is 17.0 Å². The molecule has 0 saturated carbocycles. The zero-order valence-electron chi connectivity index (χ0n) is 11.9. The second-order valence-electron chi connectivity index (χ2n) is 5.19. The van der Waals surface area contributed by atoms with E-state index in [0.717, 1.165) is 6.07 Å². The third-order valence-electron chi connectivity index (χ3n) is 3.49. The number of sulfonamides is 1. The SMILES string of the molecule is Cc1c(N)cc(S(=O)(=O)N2CC(C)OC(CO)C2)cc1F. The third kappa shape index (κ3) is 3.18. The van der Waals surface area contributed by atoms with Crippen molar-refractivity contribution in [3.05, 3.63) is 23.5 Å². The number of anilines is 1. The van der Waals surface area contributed by atoms with Crippen molar-refractivity contribution in [1.29, 1.82) is 0 Å². The van der Waals surface area contributed by atoms with Gasteiger partial charge in [0.2, 0.25) is 10.0 Å². The van der Waals surface area contributed by atoms with Gasteiger partial charge in [0.05, 0.1) is 23.7 Å². The molecule has 2 rings (SSSR count). The maximum Gasteiger partial charge on any atom is 0.243 e. The van der Waals surface area contributed by atoms with Crippen molar-refractivity contribution < 1.29 is 22.7 Å². The molecule has 0 aromatic heterocycles. The molecule has 1 fully saturated rings. The van der Waals surface area contributed by atoms with E-state index in [2.05, 4.69) is 0 Å². The molecule has 3 N–H and O–H groups in total. The van der Waals surface area contributed by atoms with Crippen LogP contribution in [0.1, 0.15) is 12.5 Å². The van der Waals surface area contributed by atoms with Crippen molar-refractivity contribution in [3.8, 4) is 0 Å². The monoisotopic (exact) mass is 318 g/mol. The first-order valence-electron chi connectivity index (χ1n) is 6.57. The third-order valence-corrected chi connectivity index (χ3v) is 5.30. The van der Waals surface area contributed by atoms with Gasteiger partial charge in [-0.3, -0.25) is 0 Å². The summed E-state index contributed by atoms with van der Waals surface area (Å²) in [6.07, 6.45) is -0.936. The van der Waals surface area contributed by atoms with E-state index >= 15 is 0 Å². The Labute approximate surface area is 123 Å². The average Bonchev–Trinajstić information content (AvgIpc) is 2.43. The minimum atomic E-state index is -3.88. The molecule has 1 aliphatic rings. The summed E-state index contributed by atoms with van der Waals surface area (Å²) < 4.78 is 45.5. The summed E-state index contributed by atoms with van der Waals surface area (Å²) >= 11 is 0. The standard InChI is InChI=1S/C13H19FN2O4S/c1-8-5-16(6-10(7-17)20-8)21(18,19)11-3-12(14)9(2)13(15)4-11/h3-4,8,10,17H,5-7,15H2,1-2H3. The number of hydrogen-bond donors (Lipinski definition) is 2. The van der Waals surface area contributed by atoms with Gasteiger partial charge < -0.3 is 15.6 Å². The normalized spacial score (nSPS) is 24.2. The van der Waals surface area contributed by atoms with E-state index in [1.807, 2.05) is 0 Å². The number of benzene rings is 1. The molecule has 1 saturated heterocycles. The molecule has 1 heterocycles. The molecule has 2 atom stereocenters. The number of halogens is 1. The number of aliphatic hydroxyl groups excluding tert-OH is 1. The van der Waals surface area contributed by atoms with Crippen molar-refractivity contribution >= 4 is 15.7 Å². The van der Waals surface area contributed by atoms with Crippen molar-refractivity contribution in [1.82, 2.24) is 4.31 Å². The first kappa shape index (κ1) is 16.2. The minimum Gasteiger partial charge on any atom is -0.398 e. The highest BCUT2D eigenvalue weighted by atomic mass is 32.2. The van der Waals surface area contributed by atoms with Crippen molar-refractivity contribution in [2.45, 2.75) is 31.0 Å². The minimum absolute atomic E-state index is 0.0264. The van der Waals surface area contributed by atoms with E-state index in [1.165, 1.54) is 17.3 Å². The van der Waals surface area contributed by atoms with Crippen LogP contribution in [0.2, 0.25) is 0 Å². The number of hydrogen-bond acceptors (Lipinski definition) is 5. The fourth-order valence-electron chi connectivity index (χ4n) is 2.27. The highest BCUT2D eigenvalue weighted by Crippen LogP contribution is 2.25. The number of rotatable bonds is 3. The Hall–Kier alpha value is -1.22. The van der Waals surface area contributed by atoms with Crippen LogP contribution in [-0.2, 0) is 14.8 Å². The first-order valence-corrected chi connectivity index (χ1v) is 8.01. The van der Waals surface area contributed by atoms with Crippen molar-refractivity contribution in [2.24, 2.45) is 0 Å². The number of aliphatic hydroxyl groups is 1. The molecule has 1 aromatic rings. The largest absolute Gasteiger partial charge is 0.398 e. The van der Waals surface area contributed by atoms with E-state index < -0.39 is 21.9 Å². The lowest BCUT2D eigenvalue weighted by Gasteiger charge is -2.35. The molecule has 1 aromatic carbocycles. The van der Waals surface area contributed by atoms with Gasteiger partial charge in [-0.15, -0.1) is 0 Å². The molecule has 0 radical (unpaired) electrons. The van der Waals surface area contributed by atoms with E-state index in [1.54, 1.807) is 6.92 Å². The summed E-state index contributed by atoms with van der Waals surface area (Å²) in [5.41, 5.74) is 5.95. The Balaban J connectivity index is 2.37. The van der Waals surface area contributed by atoms with Crippen LogP contribution < -0.4 is 5.73 Å². The molecule has 6 nitrogen and oxygen atoms in total. The van der Waals surface area contributed by atoms with E-state index in [0.29, 0.717) is 0 Å². The van der Waals surface area contributed by atoms with Gasteiger partial charge in [0, 0.05) is 24.3 Å². The van der Waals surface area contributed by atoms with E-state index in [4.69, 9.17) is 15.6 Å². The fraction of sp³-hybridized carbons (Fsp3) is 0.538. The van der Waals surface area contributed by atoms with Gasteiger partial charge in [0.25, 0.3) is 0 Å². The molecule has 0 aliphatic carbocycles. The summed E-state index contributed by atoms with van der Waals surface area (Å²) in [4.78, 5) is -0.186. The fourth-order valence-corrected chi connectivity index (χ4v) is 3.87. The second-order valence-corrected chi connectivity index (χ2v) is 7.13. The van der Waals surface area contributed by atoms with Gasteiger partial charge in [-0.25, -0.2) is 12.8 Å². The maximum atomic E-state index is 13.7. The number of ether oxygens (including phenoxy) is 1. The van der Waals surface area contributed by atoms with Crippen LogP contribution in [0.5, 0.6) is 0 Å². The summed E-state index contributed by atoms with van der Waals surface area (Å²) in [7, 11) is -3.88. The quantitative estimate of drug-likeness (QED) is 0.791. The molecular formula is C13H19FN2O4S. The predicted octanol–water partition coefficient (Wildman–Crippen LogP) is 0.487. The lowest BCUT2D eigenvalue weighted by molar-refractivity contribution is -0.0750. The van der Waals surface area contributed by atoms with Crippen molar-refractivity contribution in [3.63, 3.8) is 0 Å². The van der Waals surface area contributed by atoms with Crippen LogP contribution >= 0.6 is 0 Å². The van der Waals surface area contributed by atoms with Crippen LogP contribution in [0.4, 0.5) is 10.1 Å². The van der Waals surface area contributed by atoms with E-state index in [9.17, 15) is 12.8 Å². The molecule has 21 heavy (non-hydrogen) atoms. The van der Waals surface area contributed by atoms with Gasteiger partial charge in [0.15, 0.2) is 0 Å². The van der Waals surface area contributed by atoms with Crippen molar-refractivity contribution in [2.75, 3.05) is 25.4 Å². The Bertz CT molecular complexity index is 612. The summed E-state index contributed by atoms with van der Waals surface area (Å²) in [6.45, 7) is 3.10. The topological polar surface area (TPSA) is 92.9 Å². The van der Waals surface area contributed by atoms with Crippen LogP contribution in [0, 0.1) is 12.7 Å². The Morgan fingerprint density at radius 2 is 2.14 bits per heavy atom. The molecule has 0 spiro atoms. The number of morpholine rings is 1. The molecule has 1 aliphatic heterocycles. The van der Waals surface area contributed by atoms with Crippen LogP contribution in [0.25, 0.3) is 0 Å². The summed E-state index contributed by atoms with van der Waals surface area (Å²) in [5.74, 6) is -0.659. The zero-order chi connectivity index (χ0) is 15.8. The number of nitrogens with zero attached hydrogens (tertiary/aromatic N) is 1. The van der Waals surface area contributed by atoms with Gasteiger partial charge in [-0.2, -0.15) is 4.31 Å². The van der Waals surface area contributed by atoms with Gasteiger partial charge in [-0.05, 0) is 26.0 Å². The first-order chi connectivity index (χ1) is 9.75. The smallest absolute Gasteiger partial charge is 0.243 e. The highest BCUT2D eigenvalue weighted by molar-refractivity contribution is 7.89. The van der Waals surface area contributed by atoms with Crippen LogP contribution in [0.3, 0.4) is 0 Å². The van der Waals surface area contributed by atoms with Crippen LogP contribution in [-0.4, -0.2) is 49.7 Å². The molecule has 118 valence electrons. The number of nitrogens with two attached hydrogens (primary N) is 1.